The summed E-state index contributed by atoms with van der Waals surface area (Å²) in [5.41, 5.74) is 1.07. The lowest BCUT2D eigenvalue weighted by molar-refractivity contribution is 0.233. The smallest absolute Gasteiger partial charge is 0.352 e. The van der Waals surface area contributed by atoms with E-state index in [9.17, 15) is 14.3 Å². The number of aliphatic hydroxyl groups excluding tert-OH is 1. The first-order chi connectivity index (χ1) is 13.5. The summed E-state index contributed by atoms with van der Waals surface area (Å²) in [4.78, 5) is 23.3. The number of rotatable bonds is 4. The first-order valence-electron chi connectivity index (χ1n) is 8.56. The van der Waals surface area contributed by atoms with Crippen LogP contribution < -0.4 is 10.6 Å². The zero-order valence-corrected chi connectivity index (χ0v) is 16.2. The molecule has 1 aromatic carbocycles. The molecule has 3 heterocycles. The highest BCUT2D eigenvalue weighted by Gasteiger charge is 2.23. The van der Waals surface area contributed by atoms with Gasteiger partial charge >= 0.3 is 5.69 Å². The minimum absolute atomic E-state index is 0.243. The van der Waals surface area contributed by atoms with E-state index in [2.05, 4.69) is 9.97 Å². The first-order valence-corrected chi connectivity index (χ1v) is 9.76. The van der Waals surface area contributed by atoms with Gasteiger partial charge in [0, 0.05) is 11.4 Å². The number of halogens is 2. The van der Waals surface area contributed by atoms with E-state index in [1.165, 1.54) is 34.4 Å². The van der Waals surface area contributed by atoms with E-state index in [1.54, 1.807) is 23.1 Å². The number of anilines is 1. The van der Waals surface area contributed by atoms with Gasteiger partial charge in [-0.2, -0.15) is 4.98 Å². The maximum atomic E-state index is 13.1. The molecule has 2 aromatic heterocycles. The number of hydrogen-bond donors (Lipinski definition) is 1. The van der Waals surface area contributed by atoms with Crippen molar-refractivity contribution in [2.75, 3.05) is 18.0 Å². The molecule has 0 amide bonds. The van der Waals surface area contributed by atoms with Crippen LogP contribution in [0.3, 0.4) is 0 Å². The van der Waals surface area contributed by atoms with E-state index in [0.717, 1.165) is 16.0 Å². The second-order valence-electron chi connectivity index (χ2n) is 6.36. The van der Waals surface area contributed by atoms with Gasteiger partial charge in [0.2, 0.25) is 5.95 Å². The number of nitrogens with zero attached hydrogens (tertiary/aromatic N) is 4. The average Bonchev–Trinajstić information content (AvgIpc) is 3.09. The van der Waals surface area contributed by atoms with E-state index in [0.29, 0.717) is 17.4 Å². The molecule has 0 unspecified atom stereocenters. The minimum Gasteiger partial charge on any atom is -0.387 e. The van der Waals surface area contributed by atoms with Crippen LogP contribution in [0.25, 0.3) is 5.57 Å². The maximum absolute atomic E-state index is 13.1. The van der Waals surface area contributed by atoms with Gasteiger partial charge in [-0.25, -0.2) is 14.2 Å². The molecule has 4 rings (SSSR count). The number of β-amino-alcohol motifs (C(OH)–C–C–N with tert-alkyl or cyclic N) is 1. The molecule has 9 heteroatoms. The lowest BCUT2D eigenvalue weighted by Crippen LogP contribution is -2.40. The summed E-state index contributed by atoms with van der Waals surface area (Å²) >= 11 is 7.31. The van der Waals surface area contributed by atoms with Gasteiger partial charge in [0.05, 0.1) is 23.5 Å². The van der Waals surface area contributed by atoms with Crippen LogP contribution in [0, 0.1) is 5.82 Å². The van der Waals surface area contributed by atoms with Crippen LogP contribution in [0.1, 0.15) is 10.4 Å². The summed E-state index contributed by atoms with van der Waals surface area (Å²) in [6, 6.07) is 9.62. The second kappa shape index (κ2) is 7.83. The van der Waals surface area contributed by atoms with Crippen molar-refractivity contribution in [2.24, 2.45) is 0 Å². The normalized spacial score (nSPS) is 16.9. The molecule has 0 saturated carbocycles. The number of aliphatic hydroxyl groups is 1. The number of hydrogen-bond acceptors (Lipinski definition) is 6. The molecule has 144 valence electrons. The van der Waals surface area contributed by atoms with Gasteiger partial charge in [0.15, 0.2) is 0 Å². The van der Waals surface area contributed by atoms with Gasteiger partial charge in [-0.1, -0.05) is 29.8 Å². The zero-order chi connectivity index (χ0) is 19.7. The van der Waals surface area contributed by atoms with E-state index >= 15 is 0 Å². The third kappa shape index (κ3) is 3.99. The zero-order valence-electron chi connectivity index (χ0n) is 14.6. The predicted molar refractivity (Wildman–Crippen MR) is 107 cm³/mol. The van der Waals surface area contributed by atoms with Gasteiger partial charge in [0.25, 0.3) is 0 Å². The third-order valence-electron chi connectivity index (χ3n) is 4.45. The molecule has 0 spiro atoms. The minimum atomic E-state index is -0.793. The molecule has 1 aliphatic rings. The molecule has 1 aliphatic heterocycles. The Morgan fingerprint density at radius 2 is 2.04 bits per heavy atom. The Balaban J connectivity index is 1.51. The fraction of sp³-hybridized carbons (Fsp3) is 0.211. The molecule has 0 saturated heterocycles. The van der Waals surface area contributed by atoms with Gasteiger partial charge in [-0.15, -0.1) is 11.3 Å². The quantitative estimate of drug-likeness (QED) is 0.705. The standard InChI is InChI=1S/C19H16ClFN4O2S/c20-17-6-5-14(28-17)9-25-11-22-18(23-19(25)27)24-8-7-15(16(26)10-24)12-1-3-13(21)4-2-12/h1-7,11,16,26H,8-10H2/t16-/m0/s1. The Hall–Kier alpha value is -2.55. The highest BCUT2D eigenvalue weighted by atomic mass is 35.5. The van der Waals surface area contributed by atoms with Crippen LogP contribution >= 0.6 is 22.9 Å². The van der Waals surface area contributed by atoms with Crippen molar-refractivity contribution in [1.82, 2.24) is 14.5 Å². The van der Waals surface area contributed by atoms with Gasteiger partial charge in [0.1, 0.15) is 12.1 Å². The Labute approximate surface area is 169 Å². The van der Waals surface area contributed by atoms with Gasteiger partial charge < -0.3 is 10.0 Å². The van der Waals surface area contributed by atoms with Gasteiger partial charge in [-0.3, -0.25) is 4.57 Å². The molecule has 3 aromatic rings. The van der Waals surface area contributed by atoms with Crippen LogP contribution in [0.15, 0.2) is 53.6 Å². The molecule has 0 fully saturated rings. The topological polar surface area (TPSA) is 71.2 Å². The summed E-state index contributed by atoms with van der Waals surface area (Å²) in [7, 11) is 0. The highest BCUT2D eigenvalue weighted by molar-refractivity contribution is 7.16. The highest BCUT2D eigenvalue weighted by Crippen LogP contribution is 2.25. The van der Waals surface area contributed by atoms with E-state index < -0.39 is 11.8 Å². The van der Waals surface area contributed by atoms with Crippen molar-refractivity contribution in [2.45, 2.75) is 12.6 Å². The molecule has 6 nitrogen and oxygen atoms in total. The monoisotopic (exact) mass is 418 g/mol. The average molecular weight is 419 g/mol. The molecule has 0 bridgehead atoms. The molecule has 28 heavy (non-hydrogen) atoms. The predicted octanol–water partition coefficient (Wildman–Crippen LogP) is 2.81. The van der Waals surface area contributed by atoms with E-state index in [4.69, 9.17) is 11.6 Å². The van der Waals surface area contributed by atoms with Crippen molar-refractivity contribution >= 4 is 34.5 Å². The molecular formula is C19H16ClFN4O2S. The largest absolute Gasteiger partial charge is 0.387 e. The van der Waals surface area contributed by atoms with Crippen LogP contribution in [-0.4, -0.2) is 38.8 Å². The van der Waals surface area contributed by atoms with Crippen molar-refractivity contribution in [1.29, 1.82) is 0 Å². The van der Waals surface area contributed by atoms with Crippen LogP contribution in [-0.2, 0) is 6.54 Å². The molecule has 0 radical (unpaired) electrons. The van der Waals surface area contributed by atoms with Gasteiger partial charge in [-0.05, 0) is 35.4 Å². The second-order valence-corrected chi connectivity index (χ2v) is 8.16. The fourth-order valence-electron chi connectivity index (χ4n) is 3.06. The van der Waals surface area contributed by atoms with Crippen molar-refractivity contribution in [3.63, 3.8) is 0 Å². The van der Waals surface area contributed by atoms with E-state index in [-0.39, 0.29) is 18.3 Å². The van der Waals surface area contributed by atoms with Crippen molar-refractivity contribution < 1.29 is 9.50 Å². The molecule has 0 aliphatic carbocycles. The fourth-order valence-corrected chi connectivity index (χ4v) is 4.14. The van der Waals surface area contributed by atoms with Crippen LogP contribution in [0.4, 0.5) is 10.3 Å². The summed E-state index contributed by atoms with van der Waals surface area (Å²) in [6.45, 7) is 1.04. The number of benzene rings is 1. The maximum Gasteiger partial charge on any atom is 0.352 e. The number of aromatic nitrogens is 3. The SMILES string of the molecule is O=c1nc(N2CC=C(c3ccc(F)cc3)[C@@H](O)C2)ncn1Cc1ccc(Cl)s1. The van der Waals surface area contributed by atoms with Crippen molar-refractivity contribution in [3.8, 4) is 0 Å². The summed E-state index contributed by atoms with van der Waals surface area (Å²) in [5.74, 6) is -0.0611. The third-order valence-corrected chi connectivity index (χ3v) is 5.67. The lowest BCUT2D eigenvalue weighted by Gasteiger charge is -2.30. The van der Waals surface area contributed by atoms with Crippen molar-refractivity contribution in [3.05, 3.63) is 79.9 Å². The van der Waals surface area contributed by atoms with E-state index in [1.807, 2.05) is 12.1 Å². The lowest BCUT2D eigenvalue weighted by atomic mass is 9.97. The first kappa shape index (κ1) is 18.8. The summed E-state index contributed by atoms with van der Waals surface area (Å²) in [6.07, 6.45) is 2.49. The van der Waals surface area contributed by atoms with Crippen LogP contribution in [0.2, 0.25) is 4.34 Å². The Kier molecular flexibility index (Phi) is 5.25. The molecule has 1 atom stereocenters. The summed E-state index contributed by atoms with van der Waals surface area (Å²) < 4.78 is 15.2. The number of thiophene rings is 1. The Bertz CT molecular complexity index is 1080. The molecule has 1 N–H and O–H groups in total. The van der Waals surface area contributed by atoms with Crippen LogP contribution in [0.5, 0.6) is 0 Å². The molecular weight excluding hydrogens is 403 g/mol. The Morgan fingerprint density at radius 3 is 2.68 bits per heavy atom. The Morgan fingerprint density at radius 1 is 1.25 bits per heavy atom. The summed E-state index contributed by atoms with van der Waals surface area (Å²) in [5, 5.41) is 10.5.